The molecular formula is C19H19NS. The fraction of sp³-hybridized carbons (Fsp3) is 0.263. The number of rotatable bonds is 1. The van der Waals surface area contributed by atoms with Gasteiger partial charge in [0.05, 0.1) is 0 Å². The summed E-state index contributed by atoms with van der Waals surface area (Å²) in [7, 11) is 2.23. The van der Waals surface area contributed by atoms with Crippen molar-refractivity contribution in [2.24, 2.45) is 0 Å². The van der Waals surface area contributed by atoms with E-state index in [1.54, 1.807) is 0 Å². The lowest BCUT2D eigenvalue weighted by Gasteiger charge is -2.32. The number of benzene rings is 2. The normalized spacial score (nSPS) is 18.9. The van der Waals surface area contributed by atoms with Gasteiger partial charge in [-0.15, -0.1) is 11.3 Å². The Labute approximate surface area is 129 Å². The second-order valence-electron chi connectivity index (χ2n) is 6.08. The van der Waals surface area contributed by atoms with Crippen LogP contribution in [0, 0.1) is 6.92 Å². The fourth-order valence-corrected chi connectivity index (χ4v) is 4.60. The van der Waals surface area contributed by atoms with Crippen molar-refractivity contribution < 1.29 is 0 Å². The maximum atomic E-state index is 2.45. The molecule has 0 bridgehead atoms. The molecule has 2 heterocycles. The highest BCUT2D eigenvalue weighted by Gasteiger charge is 2.26. The third kappa shape index (κ3) is 2.19. The van der Waals surface area contributed by atoms with Crippen LogP contribution >= 0.6 is 11.3 Å². The van der Waals surface area contributed by atoms with Crippen LogP contribution in [0.3, 0.4) is 0 Å². The minimum Gasteiger partial charge on any atom is -0.301 e. The first-order valence-electron chi connectivity index (χ1n) is 7.48. The van der Waals surface area contributed by atoms with Gasteiger partial charge in [-0.2, -0.15) is 0 Å². The molecule has 1 nitrogen and oxygen atoms in total. The van der Waals surface area contributed by atoms with E-state index in [1.165, 1.54) is 31.7 Å². The van der Waals surface area contributed by atoms with Crippen LogP contribution < -0.4 is 0 Å². The maximum absolute atomic E-state index is 2.45. The zero-order valence-corrected chi connectivity index (χ0v) is 13.3. The van der Waals surface area contributed by atoms with Gasteiger partial charge in [0.15, 0.2) is 0 Å². The van der Waals surface area contributed by atoms with Crippen LogP contribution in [0.25, 0.3) is 10.1 Å². The minimum absolute atomic E-state index is 0.510. The van der Waals surface area contributed by atoms with Crippen LogP contribution in [0.15, 0.2) is 48.5 Å². The van der Waals surface area contributed by atoms with Crippen LogP contribution in [-0.2, 0) is 6.54 Å². The lowest BCUT2D eigenvalue weighted by atomic mass is 9.86. The van der Waals surface area contributed by atoms with Gasteiger partial charge in [0.25, 0.3) is 0 Å². The van der Waals surface area contributed by atoms with Gasteiger partial charge in [0.2, 0.25) is 0 Å². The van der Waals surface area contributed by atoms with E-state index < -0.39 is 0 Å². The molecule has 1 atom stereocenters. The highest BCUT2D eigenvalue weighted by molar-refractivity contribution is 7.19. The van der Waals surface area contributed by atoms with Gasteiger partial charge in [-0.25, -0.2) is 0 Å². The first kappa shape index (κ1) is 13.1. The lowest BCUT2D eigenvalue weighted by Crippen LogP contribution is -2.31. The van der Waals surface area contributed by atoms with E-state index >= 15 is 0 Å². The molecule has 106 valence electrons. The first-order valence-corrected chi connectivity index (χ1v) is 8.29. The van der Waals surface area contributed by atoms with E-state index in [9.17, 15) is 0 Å². The van der Waals surface area contributed by atoms with E-state index in [0.29, 0.717) is 5.92 Å². The molecule has 0 saturated carbocycles. The summed E-state index contributed by atoms with van der Waals surface area (Å²) in [6, 6.07) is 17.9. The van der Waals surface area contributed by atoms with Crippen molar-refractivity contribution in [3.05, 3.63) is 70.1 Å². The molecule has 0 aliphatic carbocycles. The van der Waals surface area contributed by atoms with Gasteiger partial charge < -0.3 is 4.90 Å². The zero-order valence-electron chi connectivity index (χ0n) is 12.5. The summed E-state index contributed by atoms with van der Waals surface area (Å²) >= 11 is 1.95. The molecule has 1 aliphatic heterocycles. The quantitative estimate of drug-likeness (QED) is 0.623. The molecule has 0 radical (unpaired) electrons. The van der Waals surface area contributed by atoms with E-state index in [0.717, 1.165) is 13.1 Å². The highest BCUT2D eigenvalue weighted by Crippen LogP contribution is 2.39. The molecule has 0 N–H and O–H groups in total. The number of thiophene rings is 1. The SMILES string of the molecule is Cc1cccc2c1CN(C)CC2c1cc2ccccc2s1. The first-order chi connectivity index (χ1) is 10.2. The zero-order chi connectivity index (χ0) is 14.4. The van der Waals surface area contributed by atoms with Crippen LogP contribution in [0.1, 0.15) is 27.5 Å². The van der Waals surface area contributed by atoms with Crippen molar-refractivity contribution in [2.75, 3.05) is 13.6 Å². The van der Waals surface area contributed by atoms with Crippen molar-refractivity contribution in [3.8, 4) is 0 Å². The van der Waals surface area contributed by atoms with E-state index in [4.69, 9.17) is 0 Å². The molecule has 0 amide bonds. The Balaban J connectivity index is 1.87. The number of fused-ring (bicyclic) bond motifs is 2. The summed E-state index contributed by atoms with van der Waals surface area (Å²) in [6.45, 7) is 4.42. The molecule has 0 fully saturated rings. The van der Waals surface area contributed by atoms with Crippen molar-refractivity contribution in [2.45, 2.75) is 19.4 Å². The van der Waals surface area contributed by atoms with Crippen molar-refractivity contribution in [3.63, 3.8) is 0 Å². The van der Waals surface area contributed by atoms with Gasteiger partial charge in [0.1, 0.15) is 0 Å². The Morgan fingerprint density at radius 1 is 1.10 bits per heavy atom. The molecule has 1 aliphatic rings. The summed E-state index contributed by atoms with van der Waals surface area (Å²) in [6.07, 6.45) is 0. The van der Waals surface area contributed by atoms with Crippen LogP contribution in [0.4, 0.5) is 0 Å². The van der Waals surface area contributed by atoms with Gasteiger partial charge in [-0.05, 0) is 48.2 Å². The monoisotopic (exact) mass is 293 g/mol. The van der Waals surface area contributed by atoms with Crippen LogP contribution in [-0.4, -0.2) is 18.5 Å². The number of nitrogens with zero attached hydrogens (tertiary/aromatic N) is 1. The highest BCUT2D eigenvalue weighted by atomic mass is 32.1. The maximum Gasteiger partial charge on any atom is 0.0345 e. The predicted molar refractivity (Wildman–Crippen MR) is 91.2 cm³/mol. The van der Waals surface area contributed by atoms with Crippen LogP contribution in [0.2, 0.25) is 0 Å². The Bertz CT molecular complexity index is 769. The van der Waals surface area contributed by atoms with Gasteiger partial charge in [-0.3, -0.25) is 0 Å². The smallest absolute Gasteiger partial charge is 0.0345 e. The summed E-state index contributed by atoms with van der Waals surface area (Å²) < 4.78 is 1.40. The summed E-state index contributed by atoms with van der Waals surface area (Å²) in [5.41, 5.74) is 4.47. The number of likely N-dealkylation sites (N-methyl/N-ethyl adjacent to an activating group) is 1. The summed E-state index contributed by atoms with van der Waals surface area (Å²) in [4.78, 5) is 3.94. The molecule has 0 saturated heterocycles. The molecule has 4 rings (SSSR count). The van der Waals surface area contributed by atoms with Crippen molar-refractivity contribution >= 4 is 21.4 Å². The summed E-state index contributed by atoms with van der Waals surface area (Å²) in [5.74, 6) is 0.510. The second-order valence-corrected chi connectivity index (χ2v) is 7.19. The molecule has 1 unspecified atom stereocenters. The topological polar surface area (TPSA) is 3.24 Å². The second kappa shape index (κ2) is 4.97. The average molecular weight is 293 g/mol. The minimum atomic E-state index is 0.510. The van der Waals surface area contributed by atoms with E-state index in [-0.39, 0.29) is 0 Å². The third-order valence-corrected chi connectivity index (χ3v) is 5.76. The predicted octanol–water partition coefficient (Wildman–Crippen LogP) is 4.79. The molecule has 3 aromatic rings. The third-order valence-electron chi connectivity index (χ3n) is 4.53. The van der Waals surface area contributed by atoms with Crippen molar-refractivity contribution in [1.82, 2.24) is 4.90 Å². The largest absolute Gasteiger partial charge is 0.301 e. The molecule has 21 heavy (non-hydrogen) atoms. The molecule has 0 spiro atoms. The van der Waals surface area contributed by atoms with Gasteiger partial charge >= 0.3 is 0 Å². The van der Waals surface area contributed by atoms with Gasteiger partial charge in [0, 0.05) is 28.6 Å². The average Bonchev–Trinajstić information content (AvgIpc) is 2.91. The fourth-order valence-electron chi connectivity index (χ4n) is 3.43. The number of hydrogen-bond donors (Lipinski definition) is 0. The lowest BCUT2D eigenvalue weighted by molar-refractivity contribution is 0.295. The Hall–Kier alpha value is -1.64. The Morgan fingerprint density at radius 2 is 1.95 bits per heavy atom. The number of aryl methyl sites for hydroxylation is 1. The Morgan fingerprint density at radius 3 is 2.81 bits per heavy atom. The van der Waals surface area contributed by atoms with Crippen LogP contribution in [0.5, 0.6) is 0 Å². The van der Waals surface area contributed by atoms with E-state index in [2.05, 4.69) is 67.4 Å². The number of hydrogen-bond acceptors (Lipinski definition) is 2. The molecular weight excluding hydrogens is 274 g/mol. The van der Waals surface area contributed by atoms with Gasteiger partial charge in [-0.1, -0.05) is 36.4 Å². The van der Waals surface area contributed by atoms with E-state index in [1.807, 2.05) is 11.3 Å². The molecule has 1 aromatic heterocycles. The standard InChI is InChI=1S/C19H19NS/c1-13-6-5-8-15-16(13)11-20(2)12-17(15)19-10-14-7-3-4-9-18(14)21-19/h3-10,17H,11-12H2,1-2H3. The Kier molecular flexibility index (Phi) is 3.09. The van der Waals surface area contributed by atoms with Crippen molar-refractivity contribution in [1.29, 1.82) is 0 Å². The molecule has 2 aromatic carbocycles. The summed E-state index contributed by atoms with van der Waals surface area (Å²) in [5, 5.41) is 1.37. The molecule has 2 heteroatoms.